The van der Waals surface area contributed by atoms with E-state index in [9.17, 15) is 8.42 Å². The Bertz CT molecular complexity index is 805. The SMILES string of the molecule is CCCCOc1cc(OC)ccc1CCNS(=O)(=O)c1ccc(N)cc1. The first-order valence-electron chi connectivity index (χ1n) is 8.61. The topological polar surface area (TPSA) is 90.6 Å². The summed E-state index contributed by atoms with van der Waals surface area (Å²) in [5.74, 6) is 1.44. The molecule has 0 aliphatic carbocycles. The van der Waals surface area contributed by atoms with Gasteiger partial charge < -0.3 is 15.2 Å². The average Bonchev–Trinajstić information content (AvgIpc) is 2.63. The molecule has 0 aliphatic rings. The van der Waals surface area contributed by atoms with Gasteiger partial charge in [-0.15, -0.1) is 0 Å². The molecule has 6 nitrogen and oxygen atoms in total. The Morgan fingerprint density at radius 2 is 1.85 bits per heavy atom. The maximum absolute atomic E-state index is 12.3. The van der Waals surface area contributed by atoms with E-state index in [0.717, 1.165) is 24.2 Å². The Kier molecular flexibility index (Phi) is 7.29. The van der Waals surface area contributed by atoms with Gasteiger partial charge in [0.25, 0.3) is 0 Å². The Balaban J connectivity index is 2.02. The van der Waals surface area contributed by atoms with Crippen LogP contribution in [0.2, 0.25) is 0 Å². The van der Waals surface area contributed by atoms with Crippen LogP contribution in [0.25, 0.3) is 0 Å². The van der Waals surface area contributed by atoms with E-state index in [1.807, 2.05) is 18.2 Å². The summed E-state index contributed by atoms with van der Waals surface area (Å²) in [6.45, 7) is 2.98. The lowest BCUT2D eigenvalue weighted by atomic mass is 10.1. The van der Waals surface area contributed by atoms with Crippen LogP contribution in [0.1, 0.15) is 25.3 Å². The molecule has 7 heteroatoms. The van der Waals surface area contributed by atoms with Gasteiger partial charge in [-0.05, 0) is 48.7 Å². The Labute approximate surface area is 155 Å². The number of hydrogen-bond acceptors (Lipinski definition) is 5. The largest absolute Gasteiger partial charge is 0.497 e. The van der Waals surface area contributed by atoms with Crippen LogP contribution in [0.15, 0.2) is 47.4 Å². The molecule has 0 radical (unpaired) electrons. The molecule has 0 atom stereocenters. The molecular weight excluding hydrogens is 352 g/mol. The van der Waals surface area contributed by atoms with E-state index in [-0.39, 0.29) is 11.4 Å². The summed E-state index contributed by atoms with van der Waals surface area (Å²) in [6, 6.07) is 11.7. The van der Waals surface area contributed by atoms with Gasteiger partial charge >= 0.3 is 0 Å². The highest BCUT2D eigenvalue weighted by Crippen LogP contribution is 2.25. The zero-order chi connectivity index (χ0) is 19.0. The van der Waals surface area contributed by atoms with E-state index in [2.05, 4.69) is 11.6 Å². The van der Waals surface area contributed by atoms with Gasteiger partial charge in [0.1, 0.15) is 11.5 Å². The van der Waals surface area contributed by atoms with E-state index >= 15 is 0 Å². The van der Waals surface area contributed by atoms with Crippen molar-refractivity contribution < 1.29 is 17.9 Å². The Morgan fingerprint density at radius 3 is 2.50 bits per heavy atom. The van der Waals surface area contributed by atoms with Crippen LogP contribution in [-0.4, -0.2) is 28.7 Å². The third kappa shape index (κ3) is 5.64. The summed E-state index contributed by atoms with van der Waals surface area (Å²) < 4.78 is 38.3. The first kappa shape index (κ1) is 20.1. The highest BCUT2D eigenvalue weighted by Gasteiger charge is 2.14. The van der Waals surface area contributed by atoms with Crippen molar-refractivity contribution in [3.63, 3.8) is 0 Å². The predicted molar refractivity (Wildman–Crippen MR) is 103 cm³/mol. The number of sulfonamides is 1. The van der Waals surface area contributed by atoms with Gasteiger partial charge in [0.15, 0.2) is 0 Å². The molecule has 2 aromatic carbocycles. The minimum atomic E-state index is -3.56. The second-order valence-corrected chi connectivity index (χ2v) is 7.66. The molecule has 0 amide bonds. The average molecular weight is 378 g/mol. The molecule has 142 valence electrons. The van der Waals surface area contributed by atoms with Gasteiger partial charge in [0.2, 0.25) is 10.0 Å². The van der Waals surface area contributed by atoms with Crippen molar-refractivity contribution in [3.05, 3.63) is 48.0 Å². The number of benzene rings is 2. The van der Waals surface area contributed by atoms with Gasteiger partial charge in [-0.25, -0.2) is 13.1 Å². The summed E-state index contributed by atoms with van der Waals surface area (Å²) in [6.07, 6.45) is 2.51. The fourth-order valence-electron chi connectivity index (χ4n) is 2.38. The van der Waals surface area contributed by atoms with E-state index in [0.29, 0.717) is 24.5 Å². The van der Waals surface area contributed by atoms with Gasteiger partial charge in [-0.3, -0.25) is 0 Å². The molecule has 0 saturated carbocycles. The zero-order valence-electron chi connectivity index (χ0n) is 15.2. The van der Waals surface area contributed by atoms with Crippen LogP contribution >= 0.6 is 0 Å². The van der Waals surface area contributed by atoms with Gasteiger partial charge in [-0.2, -0.15) is 0 Å². The molecular formula is C19H26N2O4S. The van der Waals surface area contributed by atoms with Crippen LogP contribution in [0.4, 0.5) is 5.69 Å². The summed E-state index contributed by atoms with van der Waals surface area (Å²) in [5, 5.41) is 0. The van der Waals surface area contributed by atoms with Crippen LogP contribution in [0.5, 0.6) is 11.5 Å². The number of unbranched alkanes of at least 4 members (excludes halogenated alkanes) is 1. The lowest BCUT2D eigenvalue weighted by Gasteiger charge is -2.13. The molecule has 3 N–H and O–H groups in total. The first-order chi connectivity index (χ1) is 12.5. The molecule has 0 spiro atoms. The van der Waals surface area contributed by atoms with Crippen molar-refractivity contribution in [1.82, 2.24) is 4.72 Å². The second kappa shape index (κ2) is 9.45. The minimum Gasteiger partial charge on any atom is -0.497 e. The van der Waals surface area contributed by atoms with Gasteiger partial charge in [-0.1, -0.05) is 19.4 Å². The molecule has 2 rings (SSSR count). The standard InChI is InChI=1S/C19H26N2O4S/c1-3-4-13-25-19-14-17(24-2)8-5-15(19)11-12-21-26(22,23)18-9-6-16(20)7-10-18/h5-10,14,21H,3-4,11-13,20H2,1-2H3. The quantitative estimate of drug-likeness (QED) is 0.490. The van der Waals surface area contributed by atoms with Crippen LogP contribution in [0, 0.1) is 0 Å². The lowest BCUT2D eigenvalue weighted by Crippen LogP contribution is -2.26. The van der Waals surface area contributed by atoms with Gasteiger partial charge in [0.05, 0.1) is 18.6 Å². The third-order valence-corrected chi connectivity index (χ3v) is 5.38. The number of nitrogen functional groups attached to an aromatic ring is 1. The van der Waals surface area contributed by atoms with Crippen LogP contribution < -0.4 is 19.9 Å². The first-order valence-corrected chi connectivity index (χ1v) is 10.1. The number of nitrogens with two attached hydrogens (primary N) is 1. The maximum Gasteiger partial charge on any atom is 0.240 e. The predicted octanol–water partition coefficient (Wildman–Crippen LogP) is 2.98. The molecule has 0 fully saturated rings. The van der Waals surface area contributed by atoms with Crippen molar-refractivity contribution in [2.24, 2.45) is 0 Å². The smallest absolute Gasteiger partial charge is 0.240 e. The zero-order valence-corrected chi connectivity index (χ0v) is 16.0. The van der Waals surface area contributed by atoms with Crippen LogP contribution in [-0.2, 0) is 16.4 Å². The van der Waals surface area contributed by atoms with Crippen molar-refractivity contribution in [2.45, 2.75) is 31.1 Å². The van der Waals surface area contributed by atoms with Crippen molar-refractivity contribution in [1.29, 1.82) is 0 Å². The van der Waals surface area contributed by atoms with E-state index < -0.39 is 10.0 Å². The molecule has 2 aromatic rings. The normalized spacial score (nSPS) is 11.3. The van der Waals surface area contributed by atoms with Crippen molar-refractivity contribution in [3.8, 4) is 11.5 Å². The highest BCUT2D eigenvalue weighted by atomic mass is 32.2. The number of methoxy groups -OCH3 is 1. The maximum atomic E-state index is 12.3. The number of anilines is 1. The molecule has 0 aliphatic heterocycles. The monoisotopic (exact) mass is 378 g/mol. The summed E-state index contributed by atoms with van der Waals surface area (Å²) in [5.41, 5.74) is 7.05. The minimum absolute atomic E-state index is 0.195. The molecule has 0 unspecified atom stereocenters. The fraction of sp³-hybridized carbons (Fsp3) is 0.368. The van der Waals surface area contributed by atoms with E-state index in [1.54, 1.807) is 19.2 Å². The Morgan fingerprint density at radius 1 is 1.12 bits per heavy atom. The number of ether oxygens (including phenoxy) is 2. The molecule has 0 aromatic heterocycles. The molecule has 0 heterocycles. The summed E-state index contributed by atoms with van der Waals surface area (Å²) in [4.78, 5) is 0.195. The fourth-order valence-corrected chi connectivity index (χ4v) is 3.41. The molecule has 0 bridgehead atoms. The van der Waals surface area contributed by atoms with E-state index in [4.69, 9.17) is 15.2 Å². The molecule has 0 saturated heterocycles. The summed E-state index contributed by atoms with van der Waals surface area (Å²) >= 11 is 0. The van der Waals surface area contributed by atoms with Crippen molar-refractivity contribution >= 4 is 15.7 Å². The second-order valence-electron chi connectivity index (χ2n) is 5.89. The Hall–Kier alpha value is -2.25. The lowest BCUT2D eigenvalue weighted by molar-refractivity contribution is 0.303. The van der Waals surface area contributed by atoms with Gasteiger partial charge in [0, 0.05) is 18.3 Å². The number of nitrogens with one attached hydrogen (secondary N) is 1. The summed E-state index contributed by atoms with van der Waals surface area (Å²) in [7, 11) is -1.96. The highest BCUT2D eigenvalue weighted by molar-refractivity contribution is 7.89. The third-order valence-electron chi connectivity index (χ3n) is 3.91. The van der Waals surface area contributed by atoms with Crippen molar-refractivity contribution in [2.75, 3.05) is 26.0 Å². The van der Waals surface area contributed by atoms with Crippen LogP contribution in [0.3, 0.4) is 0 Å². The number of hydrogen-bond donors (Lipinski definition) is 2. The number of rotatable bonds is 10. The molecule has 26 heavy (non-hydrogen) atoms. The van der Waals surface area contributed by atoms with E-state index in [1.165, 1.54) is 12.1 Å².